The third kappa shape index (κ3) is 2.33. The lowest BCUT2D eigenvalue weighted by atomic mass is 9.93. The maximum atomic E-state index is 9.66. The van der Waals surface area contributed by atoms with Crippen LogP contribution in [0.15, 0.2) is 36.4 Å². The van der Waals surface area contributed by atoms with Gasteiger partial charge in [-0.2, -0.15) is 0 Å². The third-order valence-corrected chi connectivity index (χ3v) is 3.24. The van der Waals surface area contributed by atoms with Crippen LogP contribution in [0, 0.1) is 0 Å². The summed E-state index contributed by atoms with van der Waals surface area (Å²) < 4.78 is 0. The van der Waals surface area contributed by atoms with Crippen molar-refractivity contribution in [1.82, 2.24) is 0 Å². The van der Waals surface area contributed by atoms with Crippen LogP contribution in [0.5, 0.6) is 11.5 Å². The Bertz CT molecular complexity index is 508. The van der Waals surface area contributed by atoms with Crippen LogP contribution in [-0.2, 0) is 12.8 Å². The lowest BCUT2D eigenvalue weighted by Gasteiger charge is -2.13. The highest BCUT2D eigenvalue weighted by atomic mass is 16.3. The van der Waals surface area contributed by atoms with Gasteiger partial charge in [-0.25, -0.2) is 0 Å². The highest BCUT2D eigenvalue weighted by Gasteiger charge is 2.10. The van der Waals surface area contributed by atoms with Crippen LogP contribution in [0.1, 0.15) is 25.0 Å². The van der Waals surface area contributed by atoms with E-state index in [0.717, 1.165) is 24.0 Å². The summed E-state index contributed by atoms with van der Waals surface area (Å²) in [4.78, 5) is 0. The number of phenolic OH excluding ortho intramolecular Hbond substituents is 2. The summed E-state index contributed by atoms with van der Waals surface area (Å²) in [6.45, 7) is 4.18. The Hall–Kier alpha value is -1.96. The SMILES string of the molecule is CCc1ccc(O)cc1-c1cc(O)ccc1CC. The van der Waals surface area contributed by atoms with Crippen molar-refractivity contribution in [2.75, 3.05) is 0 Å². The average Bonchev–Trinajstić information content (AvgIpc) is 2.38. The minimum atomic E-state index is 0.257. The molecule has 0 atom stereocenters. The molecule has 0 spiro atoms. The molecular formula is C16H18O2. The Morgan fingerprint density at radius 1 is 0.722 bits per heavy atom. The molecule has 0 saturated carbocycles. The van der Waals surface area contributed by atoms with Crippen LogP contribution >= 0.6 is 0 Å². The van der Waals surface area contributed by atoms with Gasteiger partial charge in [-0.3, -0.25) is 0 Å². The molecule has 0 aliphatic heterocycles. The molecule has 0 amide bonds. The molecule has 0 heterocycles. The van der Waals surface area contributed by atoms with E-state index in [1.54, 1.807) is 24.3 Å². The molecule has 0 radical (unpaired) electrons. The van der Waals surface area contributed by atoms with Crippen LogP contribution in [0.2, 0.25) is 0 Å². The largest absolute Gasteiger partial charge is 0.508 e. The minimum Gasteiger partial charge on any atom is -0.508 e. The number of aromatic hydroxyl groups is 2. The van der Waals surface area contributed by atoms with E-state index in [4.69, 9.17) is 0 Å². The first kappa shape index (κ1) is 12.5. The summed E-state index contributed by atoms with van der Waals surface area (Å²) in [7, 11) is 0. The van der Waals surface area contributed by atoms with Crippen LogP contribution in [0.3, 0.4) is 0 Å². The Kier molecular flexibility index (Phi) is 3.56. The molecular weight excluding hydrogens is 224 g/mol. The first-order valence-corrected chi connectivity index (χ1v) is 6.29. The molecule has 2 aromatic carbocycles. The van der Waals surface area contributed by atoms with Crippen molar-refractivity contribution < 1.29 is 10.2 Å². The lowest BCUT2D eigenvalue weighted by Crippen LogP contribution is -1.92. The van der Waals surface area contributed by atoms with Crippen LogP contribution in [0.25, 0.3) is 11.1 Å². The number of hydrogen-bond acceptors (Lipinski definition) is 2. The molecule has 0 bridgehead atoms. The van der Waals surface area contributed by atoms with Crippen molar-refractivity contribution in [1.29, 1.82) is 0 Å². The number of rotatable bonds is 3. The van der Waals surface area contributed by atoms with Gasteiger partial charge in [0.25, 0.3) is 0 Å². The van der Waals surface area contributed by atoms with Gasteiger partial charge in [-0.05, 0) is 59.4 Å². The third-order valence-electron chi connectivity index (χ3n) is 3.24. The quantitative estimate of drug-likeness (QED) is 0.857. The first-order chi connectivity index (χ1) is 8.65. The number of benzene rings is 2. The molecule has 2 rings (SSSR count). The summed E-state index contributed by atoms with van der Waals surface area (Å²) >= 11 is 0. The van der Waals surface area contributed by atoms with Crippen molar-refractivity contribution in [3.63, 3.8) is 0 Å². The molecule has 0 aromatic heterocycles. The van der Waals surface area contributed by atoms with E-state index in [9.17, 15) is 10.2 Å². The Labute approximate surface area is 108 Å². The fourth-order valence-corrected chi connectivity index (χ4v) is 2.25. The van der Waals surface area contributed by atoms with Gasteiger partial charge >= 0.3 is 0 Å². The van der Waals surface area contributed by atoms with Crippen LogP contribution < -0.4 is 0 Å². The molecule has 2 N–H and O–H groups in total. The lowest BCUT2D eigenvalue weighted by molar-refractivity contribution is 0.474. The summed E-state index contributed by atoms with van der Waals surface area (Å²) in [6.07, 6.45) is 1.79. The first-order valence-electron chi connectivity index (χ1n) is 6.29. The van der Waals surface area contributed by atoms with Gasteiger partial charge < -0.3 is 10.2 Å². The molecule has 18 heavy (non-hydrogen) atoms. The molecule has 94 valence electrons. The van der Waals surface area contributed by atoms with Gasteiger partial charge in [0, 0.05) is 0 Å². The number of hydrogen-bond donors (Lipinski definition) is 2. The van der Waals surface area contributed by atoms with Gasteiger partial charge in [0.15, 0.2) is 0 Å². The van der Waals surface area contributed by atoms with E-state index < -0.39 is 0 Å². The summed E-state index contributed by atoms with van der Waals surface area (Å²) in [5.74, 6) is 0.514. The van der Waals surface area contributed by atoms with E-state index in [1.165, 1.54) is 11.1 Å². The zero-order chi connectivity index (χ0) is 13.1. The van der Waals surface area contributed by atoms with Gasteiger partial charge in [0.2, 0.25) is 0 Å². The topological polar surface area (TPSA) is 40.5 Å². The van der Waals surface area contributed by atoms with Crippen molar-refractivity contribution in [3.05, 3.63) is 47.5 Å². The minimum absolute atomic E-state index is 0.257. The fourth-order valence-electron chi connectivity index (χ4n) is 2.25. The molecule has 2 nitrogen and oxygen atoms in total. The zero-order valence-electron chi connectivity index (χ0n) is 10.8. The van der Waals surface area contributed by atoms with Crippen LogP contribution in [-0.4, -0.2) is 10.2 Å². The van der Waals surface area contributed by atoms with Crippen molar-refractivity contribution in [2.24, 2.45) is 0 Å². The molecule has 0 saturated heterocycles. The Morgan fingerprint density at radius 3 is 1.44 bits per heavy atom. The predicted molar refractivity (Wildman–Crippen MR) is 74.0 cm³/mol. The second-order valence-corrected chi connectivity index (χ2v) is 4.39. The Balaban J connectivity index is 2.67. The van der Waals surface area contributed by atoms with E-state index in [0.29, 0.717) is 0 Å². The van der Waals surface area contributed by atoms with Gasteiger partial charge in [0.05, 0.1) is 0 Å². The standard InChI is InChI=1S/C16H18O2/c1-3-11-5-7-13(17)9-15(11)16-10-14(18)8-6-12(16)4-2/h5-10,17-18H,3-4H2,1-2H3. The summed E-state index contributed by atoms with van der Waals surface area (Å²) in [6, 6.07) is 10.8. The zero-order valence-corrected chi connectivity index (χ0v) is 10.8. The summed E-state index contributed by atoms with van der Waals surface area (Å²) in [5, 5.41) is 19.3. The van der Waals surface area contributed by atoms with Gasteiger partial charge in [-0.15, -0.1) is 0 Å². The maximum absolute atomic E-state index is 9.66. The smallest absolute Gasteiger partial charge is 0.116 e. The molecule has 0 unspecified atom stereocenters. The second kappa shape index (κ2) is 5.13. The van der Waals surface area contributed by atoms with E-state index in [-0.39, 0.29) is 11.5 Å². The van der Waals surface area contributed by atoms with Crippen molar-refractivity contribution in [3.8, 4) is 22.6 Å². The molecule has 2 heteroatoms. The van der Waals surface area contributed by atoms with E-state index in [2.05, 4.69) is 13.8 Å². The van der Waals surface area contributed by atoms with E-state index >= 15 is 0 Å². The second-order valence-electron chi connectivity index (χ2n) is 4.39. The van der Waals surface area contributed by atoms with Gasteiger partial charge in [0.1, 0.15) is 11.5 Å². The molecule has 0 fully saturated rings. The Morgan fingerprint density at radius 2 is 1.11 bits per heavy atom. The highest BCUT2D eigenvalue weighted by Crippen LogP contribution is 2.33. The fraction of sp³-hybridized carbons (Fsp3) is 0.250. The average molecular weight is 242 g/mol. The maximum Gasteiger partial charge on any atom is 0.116 e. The summed E-state index contributed by atoms with van der Waals surface area (Å²) in [5.41, 5.74) is 4.36. The number of aryl methyl sites for hydroxylation is 2. The molecule has 0 aliphatic rings. The van der Waals surface area contributed by atoms with Crippen molar-refractivity contribution in [2.45, 2.75) is 26.7 Å². The van der Waals surface area contributed by atoms with Gasteiger partial charge in [-0.1, -0.05) is 26.0 Å². The predicted octanol–water partition coefficient (Wildman–Crippen LogP) is 3.89. The van der Waals surface area contributed by atoms with Crippen molar-refractivity contribution >= 4 is 0 Å². The monoisotopic (exact) mass is 242 g/mol. The molecule has 2 aromatic rings. The number of phenols is 2. The normalized spacial score (nSPS) is 10.6. The molecule has 0 aliphatic carbocycles. The van der Waals surface area contributed by atoms with E-state index in [1.807, 2.05) is 12.1 Å². The highest BCUT2D eigenvalue weighted by molar-refractivity contribution is 5.73. The van der Waals surface area contributed by atoms with Crippen LogP contribution in [0.4, 0.5) is 0 Å².